The van der Waals surface area contributed by atoms with Gasteiger partial charge in [-0.25, -0.2) is 4.98 Å². The van der Waals surface area contributed by atoms with E-state index in [1.165, 1.54) is 0 Å². The maximum Gasteiger partial charge on any atom is 0.108 e. The van der Waals surface area contributed by atoms with Crippen LogP contribution in [0.3, 0.4) is 0 Å². The van der Waals surface area contributed by atoms with E-state index in [2.05, 4.69) is 34.9 Å². The van der Waals surface area contributed by atoms with E-state index in [9.17, 15) is 5.11 Å². The van der Waals surface area contributed by atoms with Gasteiger partial charge < -0.3 is 15.0 Å². The van der Waals surface area contributed by atoms with Crippen LogP contribution in [-0.4, -0.2) is 33.3 Å². The van der Waals surface area contributed by atoms with Crippen molar-refractivity contribution in [2.75, 3.05) is 13.2 Å². The van der Waals surface area contributed by atoms with Crippen LogP contribution in [0.5, 0.6) is 0 Å². The zero-order valence-electron chi connectivity index (χ0n) is 10.8. The van der Waals surface area contributed by atoms with Gasteiger partial charge in [0.15, 0.2) is 0 Å². The van der Waals surface area contributed by atoms with Crippen LogP contribution in [0, 0.1) is 0 Å². The molecule has 0 radical (unpaired) electrons. The average Bonchev–Trinajstić information content (AvgIpc) is 2.95. The number of hydrogen-bond donors (Lipinski definition) is 2. The highest BCUT2D eigenvalue weighted by Crippen LogP contribution is 2.38. The minimum atomic E-state index is -0.0747. The first kappa shape index (κ1) is 12.6. The molecule has 1 saturated carbocycles. The lowest BCUT2D eigenvalue weighted by atomic mass is 9.98. The zero-order chi connectivity index (χ0) is 12.3. The number of rotatable bonds is 5. The van der Waals surface area contributed by atoms with Crippen molar-refractivity contribution in [1.82, 2.24) is 14.9 Å². The van der Waals surface area contributed by atoms with Crippen LogP contribution in [0.2, 0.25) is 0 Å². The van der Waals surface area contributed by atoms with E-state index in [0.29, 0.717) is 6.04 Å². The number of aryl methyl sites for hydroxylation is 1. The summed E-state index contributed by atoms with van der Waals surface area (Å²) >= 11 is 0. The molecule has 1 heterocycles. The maximum absolute atomic E-state index is 9.60. The fourth-order valence-corrected chi connectivity index (χ4v) is 3.02. The number of nitrogens with zero attached hydrogens (tertiary/aromatic N) is 2. The van der Waals surface area contributed by atoms with Crippen LogP contribution in [0.4, 0.5) is 0 Å². The molecule has 1 aliphatic carbocycles. The zero-order valence-corrected chi connectivity index (χ0v) is 10.8. The van der Waals surface area contributed by atoms with Crippen molar-refractivity contribution < 1.29 is 5.11 Å². The van der Waals surface area contributed by atoms with Crippen LogP contribution < -0.4 is 5.32 Å². The Hall–Kier alpha value is -0.870. The molecule has 96 valence electrons. The third kappa shape index (κ3) is 2.38. The van der Waals surface area contributed by atoms with E-state index in [1.54, 1.807) is 0 Å². The molecule has 0 spiro atoms. The average molecular weight is 237 g/mol. The van der Waals surface area contributed by atoms with Gasteiger partial charge >= 0.3 is 0 Å². The Morgan fingerprint density at radius 2 is 2.41 bits per heavy atom. The standard InChI is InChI=1S/C13H23N3O/c1-3-12-14-7-8-16(12)11-5-6-13(9-11,10-17)15-4-2/h7-8,11,15,17H,3-6,9-10H2,1-2H3. The summed E-state index contributed by atoms with van der Waals surface area (Å²) in [4.78, 5) is 4.38. The number of imidazole rings is 1. The molecule has 4 nitrogen and oxygen atoms in total. The van der Waals surface area contributed by atoms with Gasteiger partial charge in [0.2, 0.25) is 0 Å². The summed E-state index contributed by atoms with van der Waals surface area (Å²) in [6, 6.07) is 0.485. The summed E-state index contributed by atoms with van der Waals surface area (Å²) in [5.74, 6) is 1.15. The van der Waals surface area contributed by atoms with Gasteiger partial charge in [0.05, 0.1) is 6.61 Å². The first-order valence-corrected chi connectivity index (χ1v) is 6.62. The highest BCUT2D eigenvalue weighted by molar-refractivity contribution is 5.03. The molecule has 0 aromatic carbocycles. The fourth-order valence-electron chi connectivity index (χ4n) is 3.02. The molecular formula is C13H23N3O. The van der Waals surface area contributed by atoms with Crippen LogP contribution in [0.1, 0.15) is 45.0 Å². The lowest BCUT2D eigenvalue weighted by molar-refractivity contribution is 0.162. The van der Waals surface area contributed by atoms with Gasteiger partial charge in [0, 0.05) is 30.4 Å². The highest BCUT2D eigenvalue weighted by Gasteiger charge is 2.38. The van der Waals surface area contributed by atoms with Crippen molar-refractivity contribution >= 4 is 0 Å². The molecule has 1 aromatic heterocycles. The van der Waals surface area contributed by atoms with Crippen LogP contribution >= 0.6 is 0 Å². The summed E-state index contributed by atoms with van der Waals surface area (Å²) in [5.41, 5.74) is -0.0747. The van der Waals surface area contributed by atoms with E-state index in [1.807, 2.05) is 6.20 Å². The first-order valence-electron chi connectivity index (χ1n) is 6.62. The van der Waals surface area contributed by atoms with Gasteiger partial charge in [-0.15, -0.1) is 0 Å². The van der Waals surface area contributed by atoms with E-state index >= 15 is 0 Å². The molecule has 17 heavy (non-hydrogen) atoms. The van der Waals surface area contributed by atoms with Crippen LogP contribution in [0.25, 0.3) is 0 Å². The Bertz CT molecular complexity index is 363. The number of aliphatic hydroxyl groups is 1. The third-order valence-corrected chi connectivity index (χ3v) is 3.90. The van der Waals surface area contributed by atoms with Crippen molar-refractivity contribution in [3.63, 3.8) is 0 Å². The van der Waals surface area contributed by atoms with Crippen molar-refractivity contribution in [3.05, 3.63) is 18.2 Å². The summed E-state index contributed by atoms with van der Waals surface area (Å²) in [6.07, 6.45) is 8.09. The SMILES string of the molecule is CCNC1(CO)CCC(n2ccnc2CC)C1. The van der Waals surface area contributed by atoms with Crippen molar-refractivity contribution in [1.29, 1.82) is 0 Å². The minimum absolute atomic E-state index is 0.0747. The first-order chi connectivity index (χ1) is 8.24. The molecule has 0 bridgehead atoms. The lowest BCUT2D eigenvalue weighted by Crippen LogP contribution is -2.46. The molecule has 2 N–H and O–H groups in total. The smallest absolute Gasteiger partial charge is 0.108 e. The Labute approximate surface area is 103 Å². The van der Waals surface area contributed by atoms with E-state index < -0.39 is 0 Å². The van der Waals surface area contributed by atoms with E-state index in [-0.39, 0.29) is 12.1 Å². The summed E-state index contributed by atoms with van der Waals surface area (Å²) < 4.78 is 2.29. The highest BCUT2D eigenvalue weighted by atomic mass is 16.3. The number of hydrogen-bond acceptors (Lipinski definition) is 3. The molecule has 0 amide bonds. The monoisotopic (exact) mass is 237 g/mol. The Kier molecular flexibility index (Phi) is 3.84. The molecule has 2 atom stereocenters. The molecule has 2 unspecified atom stereocenters. The topological polar surface area (TPSA) is 50.1 Å². The Morgan fingerprint density at radius 1 is 1.59 bits per heavy atom. The molecular weight excluding hydrogens is 214 g/mol. The van der Waals surface area contributed by atoms with E-state index in [4.69, 9.17) is 0 Å². The van der Waals surface area contributed by atoms with Gasteiger partial charge in [0.25, 0.3) is 0 Å². The summed E-state index contributed by atoms with van der Waals surface area (Å²) in [7, 11) is 0. The van der Waals surface area contributed by atoms with Crippen molar-refractivity contribution in [3.8, 4) is 0 Å². The van der Waals surface area contributed by atoms with Gasteiger partial charge in [0.1, 0.15) is 5.82 Å². The second-order valence-electron chi connectivity index (χ2n) is 4.97. The second-order valence-corrected chi connectivity index (χ2v) is 4.97. The predicted molar refractivity (Wildman–Crippen MR) is 68.0 cm³/mol. The predicted octanol–water partition coefficient (Wildman–Crippen LogP) is 1.51. The quantitative estimate of drug-likeness (QED) is 0.816. The summed E-state index contributed by atoms with van der Waals surface area (Å²) in [5, 5.41) is 13.1. The Morgan fingerprint density at radius 3 is 3.06 bits per heavy atom. The molecule has 4 heteroatoms. The van der Waals surface area contributed by atoms with Crippen LogP contribution in [-0.2, 0) is 6.42 Å². The second kappa shape index (κ2) is 5.19. The number of likely N-dealkylation sites (N-methyl/N-ethyl adjacent to an activating group) is 1. The minimum Gasteiger partial charge on any atom is -0.394 e. The lowest BCUT2D eigenvalue weighted by Gasteiger charge is -2.28. The molecule has 0 aliphatic heterocycles. The largest absolute Gasteiger partial charge is 0.394 e. The fraction of sp³-hybridized carbons (Fsp3) is 0.769. The van der Waals surface area contributed by atoms with Crippen molar-refractivity contribution in [2.24, 2.45) is 0 Å². The van der Waals surface area contributed by atoms with E-state index in [0.717, 1.165) is 38.1 Å². The van der Waals surface area contributed by atoms with Gasteiger partial charge in [-0.3, -0.25) is 0 Å². The van der Waals surface area contributed by atoms with Gasteiger partial charge in [-0.1, -0.05) is 13.8 Å². The molecule has 1 aromatic rings. The third-order valence-electron chi connectivity index (χ3n) is 3.90. The number of aromatic nitrogens is 2. The number of aliphatic hydroxyl groups excluding tert-OH is 1. The van der Waals surface area contributed by atoms with Crippen molar-refractivity contribution in [2.45, 2.75) is 51.1 Å². The van der Waals surface area contributed by atoms with Gasteiger partial charge in [-0.2, -0.15) is 0 Å². The van der Waals surface area contributed by atoms with Crippen LogP contribution in [0.15, 0.2) is 12.4 Å². The number of nitrogens with one attached hydrogen (secondary N) is 1. The molecule has 1 aliphatic rings. The Balaban J connectivity index is 2.11. The molecule has 0 saturated heterocycles. The normalized spacial score (nSPS) is 28.8. The van der Waals surface area contributed by atoms with Gasteiger partial charge in [-0.05, 0) is 25.8 Å². The molecule has 1 fully saturated rings. The molecule has 2 rings (SSSR count). The maximum atomic E-state index is 9.60. The summed E-state index contributed by atoms with van der Waals surface area (Å²) in [6.45, 7) is 5.38.